The van der Waals surface area contributed by atoms with Gasteiger partial charge in [-0.05, 0) is 0 Å². The van der Waals surface area contributed by atoms with Crippen LogP contribution in [0.15, 0.2) is 106 Å². The maximum Gasteiger partial charge on any atom is 2.00 e. The topological polar surface area (TPSA) is 0 Å². The van der Waals surface area contributed by atoms with E-state index in [1.54, 1.807) is 45.3 Å². The fourth-order valence-electron chi connectivity index (χ4n) is 9.58. The summed E-state index contributed by atoms with van der Waals surface area (Å²) in [4.78, 5) is 0. The summed E-state index contributed by atoms with van der Waals surface area (Å²) in [6.45, 7) is 26.5. The van der Waals surface area contributed by atoms with Crippen LogP contribution in [-0.2, 0) is 43.4 Å². The van der Waals surface area contributed by atoms with Crippen molar-refractivity contribution in [3.63, 3.8) is 0 Å². The van der Waals surface area contributed by atoms with E-state index in [-0.39, 0.29) is 79.1 Å². The molecule has 0 saturated carbocycles. The Balaban J connectivity index is 0.000000390. The molecule has 6 heteroatoms. The van der Waals surface area contributed by atoms with E-state index in [2.05, 4.69) is 168 Å². The van der Waals surface area contributed by atoms with Gasteiger partial charge >= 0.3 is 43.4 Å². The molecule has 0 bridgehead atoms. The zero-order valence-corrected chi connectivity index (χ0v) is 44.8. The Morgan fingerprint density at radius 3 is 1.09 bits per heavy atom. The third-order valence-corrected chi connectivity index (χ3v) is 25.3. The van der Waals surface area contributed by atoms with Crippen molar-refractivity contribution in [2.45, 2.75) is 158 Å². The molecule has 2 aliphatic carbocycles. The zero-order chi connectivity index (χ0) is 39.3. The van der Waals surface area contributed by atoms with Gasteiger partial charge in [0.2, 0.25) is 0 Å². The van der Waals surface area contributed by atoms with Crippen LogP contribution in [0.25, 0.3) is 21.5 Å². The van der Waals surface area contributed by atoms with E-state index in [9.17, 15) is 0 Å². The van der Waals surface area contributed by atoms with E-state index in [1.807, 2.05) is 0 Å². The minimum atomic E-state index is -1.05. The summed E-state index contributed by atoms with van der Waals surface area (Å²) in [5.41, 5.74) is 8.79. The molecule has 2 saturated heterocycles. The molecule has 0 atom stereocenters. The van der Waals surface area contributed by atoms with Gasteiger partial charge in [0.05, 0.1) is 0 Å². The molecule has 312 valence electrons. The van der Waals surface area contributed by atoms with E-state index in [4.69, 9.17) is 0 Å². The Hall–Kier alpha value is -0.938. The molecule has 58 heavy (non-hydrogen) atoms. The van der Waals surface area contributed by atoms with Crippen molar-refractivity contribution in [3.8, 4) is 0 Å². The van der Waals surface area contributed by atoms with Crippen LogP contribution >= 0.6 is 0 Å². The van der Waals surface area contributed by atoms with Crippen LogP contribution in [0.4, 0.5) is 0 Å². The maximum atomic E-state index is 3.44. The van der Waals surface area contributed by atoms with Gasteiger partial charge in [-0.15, -0.1) is 82.2 Å². The van der Waals surface area contributed by atoms with Gasteiger partial charge in [-0.2, -0.15) is 46.6 Å². The molecule has 8 rings (SSSR count). The number of hydrogen-bond donors (Lipinski definition) is 0. The van der Waals surface area contributed by atoms with E-state index in [0.29, 0.717) is 0 Å². The average molecular weight is 920 g/mol. The molecule has 0 radical (unpaired) electrons. The Morgan fingerprint density at radius 1 is 0.534 bits per heavy atom. The van der Waals surface area contributed by atoms with Crippen molar-refractivity contribution in [2.24, 2.45) is 10.8 Å². The number of allylic oxidation sites excluding steroid dienone is 8. The van der Waals surface area contributed by atoms with Crippen LogP contribution in [0.5, 0.6) is 0 Å². The minimum Gasteiger partial charge on any atom is -1.00 e. The quantitative estimate of drug-likeness (QED) is 0.122. The fourth-order valence-corrected chi connectivity index (χ4v) is 19.1. The summed E-state index contributed by atoms with van der Waals surface area (Å²) < 4.78 is 0. The van der Waals surface area contributed by atoms with Crippen molar-refractivity contribution < 1.29 is 68.2 Å². The third-order valence-electron chi connectivity index (χ3n) is 14.3. The monoisotopic (exact) mass is 918 g/mol. The number of fused-ring (bicyclic) bond motifs is 2. The molecular weight excluding hydrogens is 847 g/mol. The first-order chi connectivity index (χ1) is 25.6. The predicted molar refractivity (Wildman–Crippen MR) is 247 cm³/mol. The van der Waals surface area contributed by atoms with E-state index in [0.717, 1.165) is 0 Å². The second-order valence-corrected chi connectivity index (χ2v) is 27.6. The van der Waals surface area contributed by atoms with Gasteiger partial charge in [0.25, 0.3) is 0 Å². The summed E-state index contributed by atoms with van der Waals surface area (Å²) in [6.07, 6.45) is 15.4. The number of halogens is 2. The van der Waals surface area contributed by atoms with Crippen molar-refractivity contribution in [3.05, 3.63) is 118 Å². The van der Waals surface area contributed by atoms with Gasteiger partial charge in [0.15, 0.2) is 0 Å². The van der Waals surface area contributed by atoms with Gasteiger partial charge in [-0.25, -0.2) is 11.1 Å². The minimum absolute atomic E-state index is 0. The first kappa shape index (κ1) is 55.1. The first-order valence-electron chi connectivity index (χ1n) is 21.5. The van der Waals surface area contributed by atoms with Crippen LogP contribution in [0.3, 0.4) is 0 Å². The molecule has 2 fully saturated rings. The Morgan fingerprint density at radius 2 is 0.862 bits per heavy atom. The third kappa shape index (κ3) is 12.2. The van der Waals surface area contributed by atoms with Crippen molar-refractivity contribution >= 4 is 48.1 Å². The molecule has 4 aromatic rings. The largest absolute Gasteiger partial charge is 2.00 e. The van der Waals surface area contributed by atoms with E-state index < -0.39 is 16.1 Å². The molecule has 4 aromatic carbocycles. The van der Waals surface area contributed by atoms with Crippen molar-refractivity contribution in [2.75, 3.05) is 0 Å². The Labute approximate surface area is 400 Å². The molecule has 0 unspecified atom stereocenters. The first-order valence-corrected chi connectivity index (χ1v) is 26.8. The molecule has 0 aromatic heterocycles. The number of benzene rings is 2. The standard InChI is InChI=1S/2C16H21Si.2C10H15.2ClH.2Ti/c2*1-2-3-11-17(12-6-13-17)16-10-9-14-7-4-5-8-15(14)16;2*1-7-6-10(4,5)9(3)8(7)2;;;;/h2*4-5,7-10H,2-3,6,11-13H2,1H3;2*1-5H3;2*1H;;/q4*-1;;;2*+2/p-2. The van der Waals surface area contributed by atoms with E-state index in [1.165, 1.54) is 94.8 Å². The average Bonchev–Trinajstić information content (AvgIpc) is 3.83. The van der Waals surface area contributed by atoms with Crippen LogP contribution < -0.4 is 35.2 Å². The van der Waals surface area contributed by atoms with Crippen LogP contribution in [0.2, 0.25) is 36.3 Å². The Kier molecular flexibility index (Phi) is 22.3. The SMILES string of the molecule is CC1=[C-]C(C)(C)C(C)=C1C.CC1=[C-]C(C)(C)C(C)=C1C.CCCC[Si]1([c-]2ccc3ccccc32)CCC1.CCCC[Si]1([c-]2ccc3ccccc32)CCC1.[Cl-].[Cl-].[Ti+2].[Ti+2]. The molecule has 0 spiro atoms. The van der Waals surface area contributed by atoms with Gasteiger partial charge < -0.3 is 24.8 Å². The molecule has 0 amide bonds. The molecule has 2 aliphatic heterocycles. The predicted octanol–water partition coefficient (Wildman–Crippen LogP) is 9.06. The smallest absolute Gasteiger partial charge is 1.00 e. The maximum absolute atomic E-state index is 3.44. The second-order valence-electron chi connectivity index (χ2n) is 18.4. The van der Waals surface area contributed by atoms with Crippen LogP contribution in [0.1, 0.15) is 122 Å². The van der Waals surface area contributed by atoms with Crippen LogP contribution in [-0.4, -0.2) is 16.1 Å². The number of hydrogen-bond acceptors (Lipinski definition) is 0. The summed E-state index contributed by atoms with van der Waals surface area (Å²) >= 11 is 0. The van der Waals surface area contributed by atoms with Crippen molar-refractivity contribution in [1.29, 1.82) is 0 Å². The van der Waals surface area contributed by atoms with Gasteiger partial charge in [-0.1, -0.05) is 167 Å². The second kappa shape index (κ2) is 23.5. The number of rotatable bonds is 8. The summed E-state index contributed by atoms with van der Waals surface area (Å²) in [7, 11) is -2.10. The van der Waals surface area contributed by atoms with Gasteiger partial charge in [-0.3, -0.25) is 12.2 Å². The summed E-state index contributed by atoms with van der Waals surface area (Å²) in [5, 5.41) is 9.58. The summed E-state index contributed by atoms with van der Waals surface area (Å²) in [5.74, 6) is 0. The van der Waals surface area contributed by atoms with Gasteiger partial charge in [0, 0.05) is 16.1 Å². The summed E-state index contributed by atoms with van der Waals surface area (Å²) in [6, 6.07) is 36.7. The Bertz CT molecular complexity index is 1880. The molecule has 2 heterocycles. The molecule has 4 aliphatic rings. The molecule has 0 N–H and O–H groups in total. The fraction of sp³-hybridized carbons (Fsp3) is 0.500. The van der Waals surface area contributed by atoms with E-state index >= 15 is 0 Å². The van der Waals surface area contributed by atoms with Crippen molar-refractivity contribution in [1.82, 2.24) is 0 Å². The molecule has 0 nitrogen and oxygen atoms in total. The number of unbranched alkanes of at least 4 members (excludes halogenated alkanes) is 2. The normalized spacial score (nSPS) is 18.8. The van der Waals surface area contributed by atoms with Crippen LogP contribution in [0, 0.1) is 23.0 Å². The zero-order valence-electron chi connectivity index (χ0n) is 38.2. The molecular formula is C52H72Cl2Si2Ti2-2. The van der Waals surface area contributed by atoms with Gasteiger partial charge in [0.1, 0.15) is 0 Å².